The number of ketones is 1. The molecule has 4 unspecified atom stereocenters. The Morgan fingerprint density at radius 2 is 1.51 bits per heavy atom. The molecule has 0 bridgehead atoms. The lowest BCUT2D eigenvalue weighted by Gasteiger charge is -2.41. The van der Waals surface area contributed by atoms with E-state index in [0.29, 0.717) is 19.4 Å². The summed E-state index contributed by atoms with van der Waals surface area (Å²) in [7, 11) is 8.55. The van der Waals surface area contributed by atoms with Crippen LogP contribution >= 0.6 is 0 Å². The average Bonchev–Trinajstić information content (AvgIpc) is 3.59. The Labute approximate surface area is 319 Å². The molecule has 0 saturated carbocycles. The van der Waals surface area contributed by atoms with Crippen LogP contribution in [0, 0.1) is 23.7 Å². The van der Waals surface area contributed by atoms with Crippen LogP contribution in [0.5, 0.6) is 0 Å². The van der Waals surface area contributed by atoms with Gasteiger partial charge in [-0.2, -0.15) is 0 Å². The summed E-state index contributed by atoms with van der Waals surface area (Å²) in [5.41, 5.74) is 0.945. The van der Waals surface area contributed by atoms with Gasteiger partial charge in [0, 0.05) is 27.8 Å². The lowest BCUT2D eigenvalue weighted by Crippen LogP contribution is -2.59. The molecule has 1 fully saturated rings. The van der Waals surface area contributed by atoms with Crippen molar-refractivity contribution in [3.63, 3.8) is 0 Å². The molecule has 12 heteroatoms. The third-order valence-corrected chi connectivity index (χ3v) is 11.0. The van der Waals surface area contributed by atoms with Crippen LogP contribution in [0.25, 0.3) is 0 Å². The predicted octanol–water partition coefficient (Wildman–Crippen LogP) is 3.95. The van der Waals surface area contributed by atoms with E-state index in [1.807, 2.05) is 90.9 Å². The van der Waals surface area contributed by atoms with Crippen molar-refractivity contribution < 1.29 is 33.4 Å². The first-order valence-electron chi connectivity index (χ1n) is 19.3. The molecular weight excluding hydrogens is 674 g/mol. The minimum Gasteiger partial charge on any atom is -0.379 e. The summed E-state index contributed by atoms with van der Waals surface area (Å²) in [5, 5.41) is 5.97. The van der Waals surface area contributed by atoms with Crippen LogP contribution in [0.15, 0.2) is 30.3 Å². The summed E-state index contributed by atoms with van der Waals surface area (Å²) in [4.78, 5) is 73.2. The largest absolute Gasteiger partial charge is 0.379 e. The smallest absolute Gasteiger partial charge is 0.245 e. The van der Waals surface area contributed by atoms with E-state index in [1.54, 1.807) is 38.0 Å². The second-order valence-corrected chi connectivity index (χ2v) is 15.8. The highest BCUT2D eigenvalue weighted by Gasteiger charge is 2.43. The average molecular weight is 744 g/mol. The van der Waals surface area contributed by atoms with Gasteiger partial charge in [-0.3, -0.25) is 28.9 Å². The zero-order chi connectivity index (χ0) is 40.2. The van der Waals surface area contributed by atoms with E-state index >= 15 is 0 Å². The van der Waals surface area contributed by atoms with E-state index in [0.717, 1.165) is 18.4 Å². The van der Waals surface area contributed by atoms with E-state index < -0.39 is 42.3 Å². The van der Waals surface area contributed by atoms with E-state index in [1.165, 1.54) is 6.92 Å². The van der Waals surface area contributed by atoms with Crippen molar-refractivity contribution >= 4 is 29.4 Å². The van der Waals surface area contributed by atoms with Gasteiger partial charge in [-0.1, -0.05) is 85.2 Å². The Kier molecular flexibility index (Phi) is 18.6. The highest BCUT2D eigenvalue weighted by Crippen LogP contribution is 2.30. The summed E-state index contributed by atoms with van der Waals surface area (Å²) in [6, 6.07) is 6.90. The van der Waals surface area contributed by atoms with E-state index in [9.17, 15) is 24.0 Å². The fourth-order valence-corrected chi connectivity index (χ4v) is 7.86. The van der Waals surface area contributed by atoms with Crippen molar-refractivity contribution in [2.24, 2.45) is 23.7 Å². The first kappa shape index (κ1) is 45.8. The molecule has 1 saturated heterocycles. The molecule has 4 amide bonds. The van der Waals surface area contributed by atoms with Crippen molar-refractivity contribution in [1.29, 1.82) is 0 Å². The monoisotopic (exact) mass is 744 g/mol. The van der Waals surface area contributed by atoms with Gasteiger partial charge in [0.1, 0.15) is 6.04 Å². The third-order valence-electron chi connectivity index (χ3n) is 11.0. The van der Waals surface area contributed by atoms with Gasteiger partial charge in [0.25, 0.3) is 0 Å². The highest BCUT2D eigenvalue weighted by atomic mass is 16.5. The second-order valence-electron chi connectivity index (χ2n) is 15.8. The van der Waals surface area contributed by atoms with E-state index in [4.69, 9.17) is 9.47 Å². The SMILES string of the molecule is CC[C@H](C)C([C@@H](CC(=O)N1CCCC1[C@H](OC)[C@@H](C)C(=O)N[C@@H](Cc1ccccc1)C(C)=O)OC)N(C)C(=O)C(NC(=O)C(C(C)C)N(C)C)C(C)C. The Balaban J connectivity index is 2.27. The fraction of sp³-hybridized carbons (Fsp3) is 0.732. The number of likely N-dealkylation sites (N-methyl/N-ethyl adjacent to an activating group) is 2. The van der Waals surface area contributed by atoms with E-state index in [-0.39, 0.29) is 59.6 Å². The highest BCUT2D eigenvalue weighted by molar-refractivity contribution is 5.90. The number of carbonyl (C=O) groups excluding carboxylic acids is 5. The number of rotatable bonds is 21. The zero-order valence-corrected chi connectivity index (χ0v) is 34.7. The zero-order valence-electron chi connectivity index (χ0n) is 34.7. The van der Waals surface area contributed by atoms with Crippen molar-refractivity contribution in [3.8, 4) is 0 Å². The van der Waals surface area contributed by atoms with Gasteiger partial charge in [0.05, 0.1) is 48.7 Å². The van der Waals surface area contributed by atoms with Crippen LogP contribution in [0.4, 0.5) is 0 Å². The third kappa shape index (κ3) is 12.3. The van der Waals surface area contributed by atoms with Crippen molar-refractivity contribution in [3.05, 3.63) is 35.9 Å². The normalized spacial score (nSPS) is 19.2. The van der Waals surface area contributed by atoms with Crippen molar-refractivity contribution in [2.75, 3.05) is 41.9 Å². The van der Waals surface area contributed by atoms with Crippen LogP contribution in [0.3, 0.4) is 0 Å². The van der Waals surface area contributed by atoms with Gasteiger partial charge >= 0.3 is 0 Å². The van der Waals surface area contributed by atoms with Gasteiger partial charge in [-0.25, -0.2) is 0 Å². The molecule has 2 N–H and O–H groups in total. The summed E-state index contributed by atoms with van der Waals surface area (Å²) < 4.78 is 11.9. The van der Waals surface area contributed by atoms with Gasteiger partial charge in [-0.15, -0.1) is 0 Å². The molecule has 53 heavy (non-hydrogen) atoms. The summed E-state index contributed by atoms with van der Waals surface area (Å²) in [6.07, 6.45) is 1.32. The van der Waals surface area contributed by atoms with Crippen molar-refractivity contribution in [2.45, 2.75) is 130 Å². The number of likely N-dealkylation sites (tertiary alicyclic amines) is 1. The lowest BCUT2D eigenvalue weighted by atomic mass is 9.89. The number of ether oxygens (including phenoxy) is 2. The quantitative estimate of drug-likeness (QED) is 0.193. The number of nitrogens with zero attached hydrogens (tertiary/aromatic N) is 3. The molecule has 300 valence electrons. The Bertz CT molecular complexity index is 1330. The number of carbonyl (C=O) groups is 5. The molecule has 1 aliphatic heterocycles. The fourth-order valence-electron chi connectivity index (χ4n) is 7.86. The second kappa shape index (κ2) is 21.5. The topological polar surface area (TPSA) is 138 Å². The Morgan fingerprint density at radius 3 is 2.00 bits per heavy atom. The van der Waals surface area contributed by atoms with Crippen LogP contribution in [0.1, 0.15) is 86.6 Å². The molecule has 9 atom stereocenters. The maximum atomic E-state index is 14.2. The predicted molar refractivity (Wildman–Crippen MR) is 208 cm³/mol. The first-order valence-corrected chi connectivity index (χ1v) is 19.3. The molecule has 1 aromatic rings. The Morgan fingerprint density at radius 1 is 0.887 bits per heavy atom. The summed E-state index contributed by atoms with van der Waals surface area (Å²) in [6.45, 7) is 15.6. The molecule has 1 aliphatic rings. The number of amides is 4. The number of hydrogen-bond donors (Lipinski definition) is 2. The summed E-state index contributed by atoms with van der Waals surface area (Å²) in [5.74, 6) is -1.82. The molecule has 0 spiro atoms. The molecule has 2 rings (SSSR count). The van der Waals surface area contributed by atoms with Crippen LogP contribution in [-0.4, -0.2) is 128 Å². The number of benzene rings is 1. The van der Waals surface area contributed by atoms with Gasteiger partial charge in [-0.05, 0) is 63.6 Å². The number of nitrogens with one attached hydrogen (secondary N) is 2. The van der Waals surface area contributed by atoms with Gasteiger partial charge < -0.3 is 29.9 Å². The van der Waals surface area contributed by atoms with Gasteiger partial charge in [0.2, 0.25) is 23.6 Å². The standard InChI is InChI=1S/C41H69N5O7/c1-14-27(6)37(45(11)41(51)35(25(2)3)43-40(50)36(26(4)5)44(9)10)33(52-12)24-34(48)46-22-18-21-32(46)38(53-13)28(7)39(49)42-31(29(8)47)23-30-19-16-15-17-20-30/h15-17,19-20,25-28,31-33,35-38H,14,18,21-24H2,1-13H3,(H,42,49)(H,43,50)/t27-,28+,31-,32?,33+,35?,36?,37?,38+/m0/s1. The van der Waals surface area contributed by atoms with Crippen LogP contribution in [-0.2, 0) is 39.9 Å². The van der Waals surface area contributed by atoms with Crippen LogP contribution in [0.2, 0.25) is 0 Å². The van der Waals surface area contributed by atoms with Crippen molar-refractivity contribution in [1.82, 2.24) is 25.3 Å². The van der Waals surface area contributed by atoms with Crippen LogP contribution < -0.4 is 10.6 Å². The maximum Gasteiger partial charge on any atom is 0.245 e. The number of methoxy groups -OCH3 is 2. The number of Topliss-reactive ketones (excluding diaryl/α,β-unsaturated/α-hetero) is 1. The maximum absolute atomic E-state index is 14.2. The molecule has 0 aliphatic carbocycles. The minimum absolute atomic E-state index is 0.0227. The Hall–Kier alpha value is -3.35. The molecule has 12 nitrogen and oxygen atoms in total. The molecule has 0 aromatic heterocycles. The minimum atomic E-state index is -0.762. The van der Waals surface area contributed by atoms with E-state index in [2.05, 4.69) is 10.6 Å². The summed E-state index contributed by atoms with van der Waals surface area (Å²) >= 11 is 0. The first-order chi connectivity index (χ1) is 24.9. The molecule has 1 heterocycles. The van der Waals surface area contributed by atoms with Gasteiger partial charge in [0.15, 0.2) is 5.78 Å². The number of hydrogen-bond acceptors (Lipinski definition) is 8. The molecular formula is C41H69N5O7. The lowest BCUT2D eigenvalue weighted by molar-refractivity contribution is -0.148. The molecule has 1 aromatic carbocycles. The molecule has 0 radical (unpaired) electrons.